The van der Waals surface area contributed by atoms with Crippen LogP contribution >= 0.6 is 0 Å². The van der Waals surface area contributed by atoms with Crippen molar-refractivity contribution in [2.45, 2.75) is 11.8 Å². The summed E-state index contributed by atoms with van der Waals surface area (Å²) in [5.74, 6) is 0.326. The van der Waals surface area contributed by atoms with Crippen molar-refractivity contribution in [1.29, 1.82) is 0 Å². The highest BCUT2D eigenvalue weighted by molar-refractivity contribution is 7.89. The van der Waals surface area contributed by atoms with Gasteiger partial charge in [0.15, 0.2) is 5.71 Å². The van der Waals surface area contributed by atoms with Crippen LogP contribution in [-0.4, -0.2) is 26.6 Å². The van der Waals surface area contributed by atoms with E-state index in [1.54, 1.807) is 18.2 Å². The quantitative estimate of drug-likeness (QED) is 0.697. The van der Waals surface area contributed by atoms with Gasteiger partial charge < -0.3 is 10.1 Å². The van der Waals surface area contributed by atoms with Gasteiger partial charge in [-0.3, -0.25) is 10.2 Å². The van der Waals surface area contributed by atoms with Gasteiger partial charge in [0.2, 0.25) is 10.0 Å². The van der Waals surface area contributed by atoms with Crippen LogP contribution in [0.15, 0.2) is 52.5 Å². The van der Waals surface area contributed by atoms with Crippen molar-refractivity contribution in [3.8, 4) is 5.75 Å². The lowest BCUT2D eigenvalue weighted by molar-refractivity contribution is -0.110. The van der Waals surface area contributed by atoms with Crippen molar-refractivity contribution in [2.24, 2.45) is 10.2 Å². The van der Waals surface area contributed by atoms with Crippen LogP contribution in [0.3, 0.4) is 0 Å². The average Bonchev–Trinajstić information content (AvgIpc) is 2.87. The molecule has 1 aliphatic rings. The first-order chi connectivity index (χ1) is 11.9. The van der Waals surface area contributed by atoms with E-state index in [0.717, 1.165) is 0 Å². The second-order valence-corrected chi connectivity index (χ2v) is 6.80. The summed E-state index contributed by atoms with van der Waals surface area (Å²) in [7, 11) is -3.75. The maximum absolute atomic E-state index is 12.1. The van der Waals surface area contributed by atoms with Gasteiger partial charge in [-0.15, -0.1) is 0 Å². The predicted molar refractivity (Wildman–Crippen MR) is 94.2 cm³/mol. The molecule has 0 saturated carbocycles. The highest BCUT2D eigenvalue weighted by atomic mass is 32.2. The number of rotatable bonds is 5. The number of nitrogens with zero attached hydrogens (tertiary/aromatic N) is 1. The lowest BCUT2D eigenvalue weighted by Gasteiger charge is -2.05. The molecule has 0 spiro atoms. The highest BCUT2D eigenvalue weighted by Gasteiger charge is 2.26. The Hall–Kier alpha value is -2.91. The SMILES string of the molecule is CCOc1ccc2c(c1)NC(=O)/C2=N\Nc1ccc(S(N)(=O)=O)cc1. The van der Waals surface area contributed by atoms with Crippen LogP contribution in [0.5, 0.6) is 5.75 Å². The van der Waals surface area contributed by atoms with Gasteiger partial charge in [-0.2, -0.15) is 5.10 Å². The number of ether oxygens (including phenoxy) is 1. The van der Waals surface area contributed by atoms with Crippen LogP contribution in [0.1, 0.15) is 12.5 Å². The summed E-state index contributed by atoms with van der Waals surface area (Å²) >= 11 is 0. The number of hydrogen-bond donors (Lipinski definition) is 3. The Morgan fingerprint density at radius 1 is 1.20 bits per heavy atom. The van der Waals surface area contributed by atoms with Gasteiger partial charge in [-0.05, 0) is 43.3 Å². The minimum absolute atomic E-state index is 0.00175. The van der Waals surface area contributed by atoms with Gasteiger partial charge in [0.25, 0.3) is 5.91 Å². The minimum atomic E-state index is -3.75. The summed E-state index contributed by atoms with van der Waals surface area (Å²) in [6, 6.07) is 11.0. The molecule has 1 amide bonds. The van der Waals surface area contributed by atoms with Gasteiger partial charge in [-0.1, -0.05) is 0 Å². The van der Waals surface area contributed by atoms with Gasteiger partial charge in [0.1, 0.15) is 5.75 Å². The van der Waals surface area contributed by atoms with Crippen molar-refractivity contribution in [1.82, 2.24) is 0 Å². The lowest BCUT2D eigenvalue weighted by Crippen LogP contribution is -2.16. The third kappa shape index (κ3) is 3.62. The molecular formula is C16H16N4O4S. The number of primary sulfonamides is 1. The Kier molecular flexibility index (Phi) is 4.43. The zero-order chi connectivity index (χ0) is 18.0. The summed E-state index contributed by atoms with van der Waals surface area (Å²) in [6.07, 6.45) is 0. The Labute approximate surface area is 144 Å². The van der Waals surface area contributed by atoms with Crippen molar-refractivity contribution >= 4 is 33.0 Å². The minimum Gasteiger partial charge on any atom is -0.494 e. The number of hydrazone groups is 1. The molecule has 130 valence electrons. The van der Waals surface area contributed by atoms with Crippen LogP contribution in [-0.2, 0) is 14.8 Å². The molecule has 0 fully saturated rings. The normalized spacial score (nSPS) is 15.0. The van der Waals surface area contributed by atoms with Gasteiger partial charge in [-0.25, -0.2) is 13.6 Å². The number of fused-ring (bicyclic) bond motifs is 1. The fraction of sp³-hybridized carbons (Fsp3) is 0.125. The number of sulfonamides is 1. The van der Waals surface area contributed by atoms with Crippen molar-refractivity contribution < 1.29 is 17.9 Å². The molecule has 3 rings (SSSR count). The molecule has 0 atom stereocenters. The molecule has 4 N–H and O–H groups in total. The van der Waals surface area contributed by atoms with E-state index in [-0.39, 0.29) is 16.5 Å². The predicted octanol–water partition coefficient (Wildman–Crippen LogP) is 1.50. The van der Waals surface area contributed by atoms with Crippen molar-refractivity contribution in [3.05, 3.63) is 48.0 Å². The maximum Gasteiger partial charge on any atom is 0.276 e. The summed E-state index contributed by atoms with van der Waals surface area (Å²) in [6.45, 7) is 2.41. The van der Waals surface area contributed by atoms with E-state index in [2.05, 4.69) is 15.8 Å². The molecule has 0 radical (unpaired) electrons. The molecule has 0 bridgehead atoms. The Balaban J connectivity index is 1.82. The van der Waals surface area contributed by atoms with E-state index in [9.17, 15) is 13.2 Å². The van der Waals surface area contributed by atoms with Gasteiger partial charge in [0.05, 0.1) is 22.9 Å². The molecule has 0 unspecified atom stereocenters. The number of nitrogens with one attached hydrogen (secondary N) is 2. The Bertz CT molecular complexity index is 953. The molecule has 2 aromatic rings. The maximum atomic E-state index is 12.1. The first kappa shape index (κ1) is 16.9. The summed E-state index contributed by atoms with van der Waals surface area (Å²) < 4.78 is 27.9. The number of benzene rings is 2. The van der Waals surface area contributed by atoms with Crippen LogP contribution < -0.4 is 20.6 Å². The van der Waals surface area contributed by atoms with Crippen LogP contribution in [0.4, 0.5) is 11.4 Å². The molecule has 2 aromatic carbocycles. The molecule has 0 aliphatic carbocycles. The molecular weight excluding hydrogens is 344 g/mol. The Morgan fingerprint density at radius 3 is 2.56 bits per heavy atom. The van der Waals surface area contributed by atoms with Crippen LogP contribution in [0, 0.1) is 0 Å². The molecule has 9 heteroatoms. The third-order valence-corrected chi connectivity index (χ3v) is 4.43. The standard InChI is InChI=1S/C16H16N4O4S/c1-2-24-11-5-8-13-14(9-11)18-16(21)15(13)20-19-10-3-6-12(7-4-10)25(17,22)23/h3-9,19H,2H2,1H3,(H2,17,22,23)(H,18,20,21). The molecule has 1 aliphatic heterocycles. The van der Waals surface area contributed by atoms with Crippen LogP contribution in [0.2, 0.25) is 0 Å². The smallest absolute Gasteiger partial charge is 0.276 e. The van der Waals surface area contributed by atoms with E-state index in [1.165, 1.54) is 24.3 Å². The lowest BCUT2D eigenvalue weighted by atomic mass is 10.1. The van der Waals surface area contributed by atoms with E-state index >= 15 is 0 Å². The molecule has 0 saturated heterocycles. The summed E-state index contributed by atoms with van der Waals surface area (Å²) in [5, 5.41) is 11.9. The topological polar surface area (TPSA) is 123 Å². The van der Waals surface area contributed by atoms with Crippen LogP contribution in [0.25, 0.3) is 0 Å². The monoisotopic (exact) mass is 360 g/mol. The molecule has 8 nitrogen and oxygen atoms in total. The second-order valence-electron chi connectivity index (χ2n) is 5.24. The third-order valence-electron chi connectivity index (χ3n) is 3.50. The summed E-state index contributed by atoms with van der Waals surface area (Å²) in [4.78, 5) is 12.1. The van der Waals surface area contributed by atoms with Gasteiger partial charge >= 0.3 is 0 Å². The average molecular weight is 360 g/mol. The zero-order valence-corrected chi connectivity index (χ0v) is 14.1. The first-order valence-electron chi connectivity index (χ1n) is 7.43. The molecule has 25 heavy (non-hydrogen) atoms. The number of carbonyl (C=O) groups is 1. The highest BCUT2D eigenvalue weighted by Crippen LogP contribution is 2.28. The van der Waals surface area contributed by atoms with Crippen molar-refractivity contribution in [2.75, 3.05) is 17.3 Å². The largest absolute Gasteiger partial charge is 0.494 e. The fourth-order valence-electron chi connectivity index (χ4n) is 2.34. The number of carbonyl (C=O) groups excluding carboxylic acids is 1. The number of amides is 1. The Morgan fingerprint density at radius 2 is 1.92 bits per heavy atom. The van der Waals surface area contributed by atoms with E-state index in [1.807, 2.05) is 6.92 Å². The molecule has 0 aromatic heterocycles. The van der Waals surface area contributed by atoms with E-state index in [4.69, 9.17) is 9.88 Å². The van der Waals surface area contributed by atoms with E-state index < -0.39 is 10.0 Å². The summed E-state index contributed by atoms with van der Waals surface area (Å²) in [5.41, 5.74) is 4.77. The number of anilines is 2. The van der Waals surface area contributed by atoms with Crippen molar-refractivity contribution in [3.63, 3.8) is 0 Å². The van der Waals surface area contributed by atoms with E-state index in [0.29, 0.717) is 29.3 Å². The fourth-order valence-corrected chi connectivity index (χ4v) is 2.86. The second kappa shape index (κ2) is 6.54. The number of nitrogens with two attached hydrogens (primary N) is 1. The zero-order valence-electron chi connectivity index (χ0n) is 13.3. The molecule has 1 heterocycles. The first-order valence-corrected chi connectivity index (χ1v) is 8.98. The van der Waals surface area contributed by atoms with Gasteiger partial charge in [0, 0.05) is 11.6 Å². The number of hydrogen-bond acceptors (Lipinski definition) is 6.